The summed E-state index contributed by atoms with van der Waals surface area (Å²) in [5.41, 5.74) is 3.39. The van der Waals surface area contributed by atoms with Gasteiger partial charge in [0.15, 0.2) is 0 Å². The van der Waals surface area contributed by atoms with E-state index in [2.05, 4.69) is 47.9 Å². The number of nitrogens with zero attached hydrogens (tertiary/aromatic N) is 2. The van der Waals surface area contributed by atoms with E-state index in [1.807, 2.05) is 0 Å². The Morgan fingerprint density at radius 2 is 1.74 bits per heavy atom. The fourth-order valence-electron chi connectivity index (χ4n) is 6.90. The summed E-state index contributed by atoms with van der Waals surface area (Å²) in [5, 5.41) is 0. The van der Waals surface area contributed by atoms with E-state index in [1.165, 1.54) is 88.9 Å². The number of anilines is 1. The van der Waals surface area contributed by atoms with Gasteiger partial charge in [0.05, 0.1) is 12.7 Å². The summed E-state index contributed by atoms with van der Waals surface area (Å²) in [4.78, 5) is 5.39. The summed E-state index contributed by atoms with van der Waals surface area (Å²) in [6.07, 6.45) is 9.61. The molecule has 1 aliphatic carbocycles. The maximum atomic E-state index is 6.14. The number of ether oxygens (including phenoxy) is 2. The molecular formula is C27H42N2O2. The molecule has 31 heavy (non-hydrogen) atoms. The van der Waals surface area contributed by atoms with E-state index in [-0.39, 0.29) is 0 Å². The molecule has 1 spiro atoms. The molecule has 1 saturated carbocycles. The largest absolute Gasteiger partial charge is 0.371 e. The molecule has 3 saturated heterocycles. The van der Waals surface area contributed by atoms with Gasteiger partial charge in [0.1, 0.15) is 6.79 Å². The van der Waals surface area contributed by atoms with Gasteiger partial charge in [-0.2, -0.15) is 0 Å². The van der Waals surface area contributed by atoms with Gasteiger partial charge >= 0.3 is 0 Å². The SMILES string of the molecule is CC(C)c1ccccc1N1CC2CN(CCC3CC4(CCCCC4)COCO3)CC2C1. The minimum atomic E-state index is 0.385. The Morgan fingerprint density at radius 1 is 1.00 bits per heavy atom. The Bertz CT molecular complexity index is 716. The first-order valence-electron chi connectivity index (χ1n) is 12.9. The van der Waals surface area contributed by atoms with Crippen molar-refractivity contribution in [3.05, 3.63) is 29.8 Å². The molecule has 3 atom stereocenters. The number of para-hydroxylation sites is 1. The number of benzene rings is 1. The van der Waals surface area contributed by atoms with E-state index >= 15 is 0 Å². The second kappa shape index (κ2) is 9.41. The predicted octanol–water partition coefficient (Wildman–Crippen LogP) is 5.28. The van der Waals surface area contributed by atoms with Crippen LogP contribution >= 0.6 is 0 Å². The zero-order valence-electron chi connectivity index (χ0n) is 19.7. The van der Waals surface area contributed by atoms with Gasteiger partial charge in [-0.3, -0.25) is 0 Å². The molecule has 0 radical (unpaired) electrons. The third-order valence-corrected chi connectivity index (χ3v) is 8.60. The highest BCUT2D eigenvalue weighted by molar-refractivity contribution is 5.56. The highest BCUT2D eigenvalue weighted by Crippen LogP contribution is 2.43. The zero-order chi connectivity index (χ0) is 21.3. The maximum Gasteiger partial charge on any atom is 0.147 e. The first-order chi connectivity index (χ1) is 15.1. The minimum Gasteiger partial charge on any atom is -0.371 e. The normalized spacial score (nSPS) is 31.3. The highest BCUT2D eigenvalue weighted by Gasteiger charge is 2.41. The fourth-order valence-corrected chi connectivity index (χ4v) is 6.90. The summed E-state index contributed by atoms with van der Waals surface area (Å²) in [7, 11) is 0. The van der Waals surface area contributed by atoms with E-state index in [0.29, 0.717) is 24.2 Å². The van der Waals surface area contributed by atoms with Crippen LogP contribution in [-0.2, 0) is 9.47 Å². The van der Waals surface area contributed by atoms with Crippen molar-refractivity contribution >= 4 is 5.69 Å². The molecular weight excluding hydrogens is 384 g/mol. The molecule has 3 heterocycles. The van der Waals surface area contributed by atoms with Crippen LogP contribution in [0.4, 0.5) is 5.69 Å². The lowest BCUT2D eigenvalue weighted by Gasteiger charge is -2.37. The molecule has 4 nitrogen and oxygen atoms in total. The van der Waals surface area contributed by atoms with Gasteiger partial charge in [0, 0.05) is 38.4 Å². The molecule has 3 aliphatic heterocycles. The quantitative estimate of drug-likeness (QED) is 0.639. The lowest BCUT2D eigenvalue weighted by Crippen LogP contribution is -2.34. The molecule has 4 aliphatic rings. The van der Waals surface area contributed by atoms with Crippen LogP contribution in [0.5, 0.6) is 0 Å². The van der Waals surface area contributed by atoms with Crippen LogP contribution in [0.1, 0.15) is 70.3 Å². The zero-order valence-corrected chi connectivity index (χ0v) is 19.7. The van der Waals surface area contributed by atoms with Crippen LogP contribution < -0.4 is 4.90 Å². The molecule has 0 aromatic heterocycles. The molecule has 3 unspecified atom stereocenters. The van der Waals surface area contributed by atoms with Crippen LogP contribution in [0, 0.1) is 17.3 Å². The van der Waals surface area contributed by atoms with Crippen molar-refractivity contribution in [2.45, 2.75) is 70.8 Å². The first-order valence-corrected chi connectivity index (χ1v) is 12.9. The predicted molar refractivity (Wildman–Crippen MR) is 127 cm³/mol. The van der Waals surface area contributed by atoms with E-state index in [4.69, 9.17) is 9.47 Å². The van der Waals surface area contributed by atoms with E-state index in [0.717, 1.165) is 18.4 Å². The summed E-state index contributed by atoms with van der Waals surface area (Å²) < 4.78 is 12.0. The van der Waals surface area contributed by atoms with Crippen molar-refractivity contribution in [1.29, 1.82) is 0 Å². The Balaban J connectivity index is 1.13. The summed E-state index contributed by atoms with van der Waals surface area (Å²) >= 11 is 0. The van der Waals surface area contributed by atoms with Crippen molar-refractivity contribution < 1.29 is 9.47 Å². The molecule has 0 amide bonds. The van der Waals surface area contributed by atoms with Crippen molar-refractivity contribution in [3.8, 4) is 0 Å². The molecule has 1 aromatic carbocycles. The van der Waals surface area contributed by atoms with Gasteiger partial charge in [-0.15, -0.1) is 0 Å². The Kier molecular flexibility index (Phi) is 6.59. The van der Waals surface area contributed by atoms with Gasteiger partial charge in [0.2, 0.25) is 0 Å². The van der Waals surface area contributed by atoms with Crippen molar-refractivity contribution in [2.75, 3.05) is 51.0 Å². The van der Waals surface area contributed by atoms with Gasteiger partial charge in [-0.1, -0.05) is 51.3 Å². The lowest BCUT2D eigenvalue weighted by molar-refractivity contribution is -0.0743. The number of hydrogen-bond donors (Lipinski definition) is 0. The van der Waals surface area contributed by atoms with Gasteiger partial charge in [0.25, 0.3) is 0 Å². The van der Waals surface area contributed by atoms with Crippen LogP contribution in [0.2, 0.25) is 0 Å². The lowest BCUT2D eigenvalue weighted by atomic mass is 9.71. The van der Waals surface area contributed by atoms with Gasteiger partial charge < -0.3 is 19.3 Å². The van der Waals surface area contributed by atoms with Crippen molar-refractivity contribution in [2.24, 2.45) is 17.3 Å². The van der Waals surface area contributed by atoms with E-state index in [1.54, 1.807) is 0 Å². The second-order valence-electron chi connectivity index (χ2n) is 11.2. The van der Waals surface area contributed by atoms with Crippen LogP contribution in [0.25, 0.3) is 0 Å². The summed E-state index contributed by atoms with van der Waals surface area (Å²) in [5.74, 6) is 2.23. The van der Waals surface area contributed by atoms with Gasteiger partial charge in [-0.05, 0) is 60.5 Å². The molecule has 172 valence electrons. The monoisotopic (exact) mass is 426 g/mol. The second-order valence-corrected chi connectivity index (χ2v) is 11.2. The molecule has 5 rings (SSSR count). The molecule has 4 fully saturated rings. The van der Waals surface area contributed by atoms with Gasteiger partial charge in [-0.25, -0.2) is 0 Å². The number of likely N-dealkylation sites (tertiary alicyclic amines) is 1. The Morgan fingerprint density at radius 3 is 2.48 bits per heavy atom. The van der Waals surface area contributed by atoms with E-state index < -0.39 is 0 Å². The van der Waals surface area contributed by atoms with Crippen LogP contribution in [-0.4, -0.2) is 57.1 Å². The molecule has 1 aromatic rings. The van der Waals surface area contributed by atoms with Crippen molar-refractivity contribution in [3.63, 3.8) is 0 Å². The number of fused-ring (bicyclic) bond motifs is 1. The van der Waals surface area contributed by atoms with Crippen LogP contribution in [0.3, 0.4) is 0 Å². The smallest absolute Gasteiger partial charge is 0.147 e. The average Bonchev–Trinajstić information content (AvgIpc) is 3.28. The average molecular weight is 427 g/mol. The summed E-state index contributed by atoms with van der Waals surface area (Å²) in [6.45, 7) is 12.2. The van der Waals surface area contributed by atoms with Crippen LogP contribution in [0.15, 0.2) is 24.3 Å². The number of hydrogen-bond acceptors (Lipinski definition) is 4. The summed E-state index contributed by atoms with van der Waals surface area (Å²) in [6, 6.07) is 9.04. The molecule has 4 heteroatoms. The minimum absolute atomic E-state index is 0.385. The standard InChI is InChI=1S/C27H42N2O2/c1-21(2)25-8-4-5-9-26(25)29-17-22-15-28(16-23(22)18-29)13-10-24-14-27(19-30-20-31-24)11-6-3-7-12-27/h4-5,8-9,21-24H,3,6-7,10-20H2,1-2H3. The molecule has 0 N–H and O–H groups in total. The number of rotatable bonds is 5. The highest BCUT2D eigenvalue weighted by atomic mass is 16.7. The van der Waals surface area contributed by atoms with Crippen molar-refractivity contribution in [1.82, 2.24) is 4.90 Å². The fraction of sp³-hybridized carbons (Fsp3) is 0.778. The van der Waals surface area contributed by atoms with E-state index in [9.17, 15) is 0 Å². The third kappa shape index (κ3) is 4.82. The molecule has 0 bridgehead atoms. The maximum absolute atomic E-state index is 6.14. The topological polar surface area (TPSA) is 24.9 Å². The Labute approximate surface area is 189 Å². The Hall–Kier alpha value is -1.10. The third-order valence-electron chi connectivity index (χ3n) is 8.60. The first kappa shape index (κ1) is 21.7.